The molecule has 2 atom stereocenters. The third-order valence-electron chi connectivity index (χ3n) is 3.11. The molecule has 1 aliphatic heterocycles. The van der Waals surface area contributed by atoms with Gasteiger partial charge in [-0.3, -0.25) is 0 Å². The number of hydrogen-bond donors (Lipinski definition) is 1. The molecule has 96 valence electrons. The average Bonchev–Trinajstić information content (AvgIpc) is 2.73. The summed E-state index contributed by atoms with van der Waals surface area (Å²) in [5.74, 6) is 0.608. The molecule has 0 bridgehead atoms. The fraction of sp³-hybridized carbons (Fsp3) is 0.692. The van der Waals surface area contributed by atoms with Crippen molar-refractivity contribution in [3.05, 3.63) is 20.8 Å². The Bertz CT molecular complexity index is 353. The van der Waals surface area contributed by atoms with Crippen molar-refractivity contribution in [1.29, 1.82) is 0 Å². The molecule has 2 heterocycles. The molecule has 1 N–H and O–H groups in total. The van der Waals surface area contributed by atoms with Gasteiger partial charge in [0.2, 0.25) is 0 Å². The van der Waals surface area contributed by atoms with Gasteiger partial charge in [0.1, 0.15) is 0 Å². The number of hydrogen-bond acceptors (Lipinski definition) is 3. The maximum absolute atomic E-state index is 5.97. The Morgan fingerprint density at radius 2 is 2.35 bits per heavy atom. The predicted molar refractivity (Wildman–Crippen MR) is 76.6 cm³/mol. The Balaban J connectivity index is 2.01. The smallest absolute Gasteiger partial charge is 0.0957 e. The van der Waals surface area contributed by atoms with Crippen LogP contribution in [0.5, 0.6) is 0 Å². The number of rotatable bonds is 4. The van der Waals surface area contributed by atoms with E-state index in [9.17, 15) is 0 Å². The second-order valence-corrected chi connectivity index (χ2v) is 7.39. The molecular formula is C13H20BrNOS. The van der Waals surface area contributed by atoms with Gasteiger partial charge >= 0.3 is 0 Å². The summed E-state index contributed by atoms with van der Waals surface area (Å²) in [4.78, 5) is 1.35. The highest BCUT2D eigenvalue weighted by molar-refractivity contribution is 9.11. The first-order valence-electron chi connectivity index (χ1n) is 6.27. The lowest BCUT2D eigenvalue weighted by atomic mass is 9.93. The molecule has 1 fully saturated rings. The molecular weight excluding hydrogens is 298 g/mol. The molecule has 2 unspecified atom stereocenters. The summed E-state index contributed by atoms with van der Waals surface area (Å²) in [7, 11) is 0. The third kappa shape index (κ3) is 3.78. The van der Waals surface area contributed by atoms with Crippen LogP contribution in [0.4, 0.5) is 0 Å². The van der Waals surface area contributed by atoms with Crippen molar-refractivity contribution in [2.24, 2.45) is 5.92 Å². The van der Waals surface area contributed by atoms with Gasteiger partial charge in [0.25, 0.3) is 0 Å². The Labute approximate surface area is 116 Å². The minimum Gasteiger partial charge on any atom is -0.372 e. The van der Waals surface area contributed by atoms with E-state index in [-0.39, 0.29) is 6.10 Å². The van der Waals surface area contributed by atoms with Crippen LogP contribution < -0.4 is 5.32 Å². The normalized spacial score (nSPS) is 25.4. The van der Waals surface area contributed by atoms with E-state index in [0.717, 1.165) is 13.2 Å². The van der Waals surface area contributed by atoms with Crippen LogP contribution in [0.2, 0.25) is 0 Å². The van der Waals surface area contributed by atoms with Crippen LogP contribution in [0.25, 0.3) is 0 Å². The highest BCUT2D eigenvalue weighted by atomic mass is 79.9. The van der Waals surface area contributed by atoms with E-state index in [1.54, 1.807) is 11.3 Å². The quantitative estimate of drug-likeness (QED) is 0.907. The molecule has 1 aliphatic rings. The monoisotopic (exact) mass is 317 g/mol. The molecule has 0 spiro atoms. The summed E-state index contributed by atoms with van der Waals surface area (Å²) in [6, 6.07) is 4.85. The molecule has 1 aromatic rings. The van der Waals surface area contributed by atoms with Crippen molar-refractivity contribution in [3.63, 3.8) is 0 Å². The van der Waals surface area contributed by atoms with Gasteiger partial charge in [-0.15, -0.1) is 11.3 Å². The largest absolute Gasteiger partial charge is 0.372 e. The number of ether oxygens (including phenoxy) is 1. The topological polar surface area (TPSA) is 21.3 Å². The van der Waals surface area contributed by atoms with Gasteiger partial charge in [0, 0.05) is 30.0 Å². The van der Waals surface area contributed by atoms with E-state index in [1.165, 1.54) is 21.5 Å². The van der Waals surface area contributed by atoms with Gasteiger partial charge in [-0.25, -0.2) is 0 Å². The predicted octanol–water partition coefficient (Wildman–Crippen LogP) is 3.98. The van der Waals surface area contributed by atoms with E-state index in [0.29, 0.717) is 12.0 Å². The first kappa shape index (κ1) is 13.5. The first-order chi connectivity index (χ1) is 8.16. The summed E-state index contributed by atoms with van der Waals surface area (Å²) >= 11 is 5.32. The zero-order chi connectivity index (χ0) is 12.3. The second kappa shape index (κ2) is 6.32. The summed E-state index contributed by atoms with van der Waals surface area (Å²) in [5.41, 5.74) is 0. The zero-order valence-electron chi connectivity index (χ0n) is 10.4. The van der Waals surface area contributed by atoms with Gasteiger partial charge < -0.3 is 10.1 Å². The highest BCUT2D eigenvalue weighted by Gasteiger charge is 2.28. The molecule has 2 nitrogen and oxygen atoms in total. The van der Waals surface area contributed by atoms with Crippen LogP contribution in [-0.2, 0) is 4.74 Å². The van der Waals surface area contributed by atoms with Crippen LogP contribution in [0.1, 0.15) is 37.7 Å². The van der Waals surface area contributed by atoms with Crippen molar-refractivity contribution in [1.82, 2.24) is 5.32 Å². The van der Waals surface area contributed by atoms with Gasteiger partial charge in [0.05, 0.1) is 9.89 Å². The van der Waals surface area contributed by atoms with E-state index in [2.05, 4.69) is 47.2 Å². The van der Waals surface area contributed by atoms with Crippen LogP contribution in [0, 0.1) is 5.92 Å². The number of halogens is 1. The van der Waals surface area contributed by atoms with E-state index < -0.39 is 0 Å². The minimum atomic E-state index is 0.284. The number of thiophene rings is 1. The van der Waals surface area contributed by atoms with Crippen LogP contribution in [0.3, 0.4) is 0 Å². The molecule has 0 aromatic carbocycles. The van der Waals surface area contributed by atoms with Crippen LogP contribution >= 0.6 is 27.3 Å². The van der Waals surface area contributed by atoms with E-state index in [4.69, 9.17) is 4.74 Å². The van der Waals surface area contributed by atoms with Crippen LogP contribution in [-0.4, -0.2) is 19.2 Å². The van der Waals surface area contributed by atoms with E-state index >= 15 is 0 Å². The van der Waals surface area contributed by atoms with Crippen LogP contribution in [0.15, 0.2) is 15.9 Å². The Morgan fingerprint density at radius 1 is 1.53 bits per heavy atom. The molecule has 0 saturated carbocycles. The molecule has 0 amide bonds. The Kier molecular flexibility index (Phi) is 5.03. The van der Waals surface area contributed by atoms with Crippen molar-refractivity contribution < 1.29 is 4.74 Å². The molecule has 0 radical (unpaired) electrons. The maximum Gasteiger partial charge on any atom is 0.0957 e. The summed E-state index contributed by atoms with van der Waals surface area (Å²) in [5, 5.41) is 3.53. The summed E-state index contributed by atoms with van der Waals surface area (Å²) in [6.07, 6.45) is 2.74. The third-order valence-corrected chi connectivity index (χ3v) is 4.79. The lowest BCUT2D eigenvalue weighted by Crippen LogP contribution is -2.34. The first-order valence-corrected chi connectivity index (χ1v) is 7.88. The molecule has 1 saturated heterocycles. The van der Waals surface area contributed by atoms with Gasteiger partial charge in [-0.05, 0) is 40.9 Å². The van der Waals surface area contributed by atoms with Crippen molar-refractivity contribution in [3.8, 4) is 0 Å². The summed E-state index contributed by atoms with van der Waals surface area (Å²) in [6.45, 7) is 6.34. The van der Waals surface area contributed by atoms with Gasteiger partial charge in [0.15, 0.2) is 0 Å². The minimum absolute atomic E-state index is 0.284. The Morgan fingerprint density at radius 3 is 3.00 bits per heavy atom. The molecule has 2 rings (SSSR count). The fourth-order valence-electron chi connectivity index (χ4n) is 2.24. The van der Waals surface area contributed by atoms with Gasteiger partial charge in [-0.2, -0.15) is 0 Å². The van der Waals surface area contributed by atoms with Gasteiger partial charge in [-0.1, -0.05) is 13.8 Å². The SMILES string of the molecule is CC(C)NCC1CCCOC1c1ccc(Br)s1. The molecule has 0 aliphatic carbocycles. The highest BCUT2D eigenvalue weighted by Crippen LogP contribution is 2.38. The lowest BCUT2D eigenvalue weighted by Gasteiger charge is -2.32. The number of nitrogens with one attached hydrogen (secondary N) is 1. The summed E-state index contributed by atoms with van der Waals surface area (Å²) < 4.78 is 7.16. The Hall–Kier alpha value is 0.1000. The van der Waals surface area contributed by atoms with Crippen molar-refractivity contribution >= 4 is 27.3 Å². The standard InChI is InChI=1S/C13H20BrNOS/c1-9(2)15-8-10-4-3-7-16-13(10)11-5-6-12(14)17-11/h5-6,9-10,13,15H,3-4,7-8H2,1-2H3. The zero-order valence-corrected chi connectivity index (χ0v) is 12.8. The maximum atomic E-state index is 5.97. The van der Waals surface area contributed by atoms with Crippen molar-refractivity contribution in [2.75, 3.05) is 13.2 Å². The van der Waals surface area contributed by atoms with Crippen molar-refractivity contribution in [2.45, 2.75) is 38.8 Å². The van der Waals surface area contributed by atoms with E-state index in [1.807, 2.05) is 0 Å². The fourth-order valence-corrected chi connectivity index (χ4v) is 3.80. The molecule has 4 heteroatoms. The molecule has 1 aromatic heterocycles. The lowest BCUT2D eigenvalue weighted by molar-refractivity contribution is -0.0260. The second-order valence-electron chi connectivity index (χ2n) is 4.90. The average molecular weight is 318 g/mol. The molecule has 17 heavy (non-hydrogen) atoms.